The summed E-state index contributed by atoms with van der Waals surface area (Å²) in [5.74, 6) is 0.00291. The molecule has 0 unspecified atom stereocenters. The Balaban J connectivity index is 1.66. The van der Waals surface area contributed by atoms with Gasteiger partial charge in [0.1, 0.15) is 5.82 Å². The predicted molar refractivity (Wildman–Crippen MR) is 99.0 cm³/mol. The van der Waals surface area contributed by atoms with Crippen LogP contribution < -0.4 is 0 Å². The van der Waals surface area contributed by atoms with Crippen molar-refractivity contribution >= 4 is 28.7 Å². The van der Waals surface area contributed by atoms with Gasteiger partial charge < -0.3 is 9.47 Å². The number of hydrogen-bond acceptors (Lipinski definition) is 3. The van der Waals surface area contributed by atoms with Crippen molar-refractivity contribution in [2.24, 2.45) is 0 Å². The SMILES string of the molecule is CCn1c(SCC(=O)N(C)Cc2cccc(F)c2)nc2ccccc21. The van der Waals surface area contributed by atoms with Crippen molar-refractivity contribution in [1.82, 2.24) is 14.5 Å². The number of fused-ring (bicyclic) bond motifs is 1. The highest BCUT2D eigenvalue weighted by Crippen LogP contribution is 2.24. The Kier molecular flexibility index (Phi) is 5.38. The molecule has 1 amide bonds. The van der Waals surface area contributed by atoms with E-state index in [2.05, 4.69) is 16.5 Å². The third-order valence-corrected chi connectivity index (χ3v) is 4.96. The molecule has 0 aliphatic carbocycles. The molecule has 0 saturated carbocycles. The summed E-state index contributed by atoms with van der Waals surface area (Å²) in [4.78, 5) is 18.6. The van der Waals surface area contributed by atoms with Crippen LogP contribution in [0.5, 0.6) is 0 Å². The fourth-order valence-electron chi connectivity index (χ4n) is 2.70. The van der Waals surface area contributed by atoms with Gasteiger partial charge in [0, 0.05) is 20.1 Å². The molecule has 1 aromatic heterocycles. The second-order valence-electron chi connectivity index (χ2n) is 5.80. The van der Waals surface area contributed by atoms with E-state index in [4.69, 9.17) is 0 Å². The van der Waals surface area contributed by atoms with Gasteiger partial charge in [0.15, 0.2) is 5.16 Å². The minimum atomic E-state index is -0.288. The Morgan fingerprint density at radius 1 is 1.24 bits per heavy atom. The molecule has 25 heavy (non-hydrogen) atoms. The minimum absolute atomic E-state index is 0.0102. The quantitative estimate of drug-likeness (QED) is 0.627. The molecule has 0 spiro atoms. The van der Waals surface area contributed by atoms with E-state index in [9.17, 15) is 9.18 Å². The molecule has 4 nitrogen and oxygen atoms in total. The van der Waals surface area contributed by atoms with Gasteiger partial charge in [0.05, 0.1) is 16.8 Å². The van der Waals surface area contributed by atoms with Crippen molar-refractivity contribution < 1.29 is 9.18 Å². The molecular formula is C19H20FN3OS. The van der Waals surface area contributed by atoms with Crippen molar-refractivity contribution in [3.05, 3.63) is 59.9 Å². The van der Waals surface area contributed by atoms with Gasteiger partial charge in [-0.05, 0) is 36.8 Å². The van der Waals surface area contributed by atoms with Gasteiger partial charge in [-0.25, -0.2) is 9.37 Å². The molecule has 0 saturated heterocycles. The fraction of sp³-hybridized carbons (Fsp3) is 0.263. The maximum Gasteiger partial charge on any atom is 0.233 e. The smallest absolute Gasteiger partial charge is 0.233 e. The lowest BCUT2D eigenvalue weighted by molar-refractivity contribution is -0.127. The second kappa shape index (κ2) is 7.70. The van der Waals surface area contributed by atoms with Crippen LogP contribution in [-0.4, -0.2) is 33.2 Å². The zero-order valence-corrected chi connectivity index (χ0v) is 15.1. The maximum atomic E-state index is 13.3. The standard InChI is InChI=1S/C19H20FN3OS/c1-3-23-17-10-5-4-9-16(17)21-19(23)25-13-18(24)22(2)12-14-7-6-8-15(20)11-14/h4-11H,3,12-13H2,1-2H3. The molecule has 0 fully saturated rings. The Morgan fingerprint density at radius 3 is 2.80 bits per heavy atom. The summed E-state index contributed by atoms with van der Waals surface area (Å²) in [6, 6.07) is 14.3. The summed E-state index contributed by atoms with van der Waals surface area (Å²) in [6.45, 7) is 3.26. The molecule has 3 aromatic rings. The number of aromatic nitrogens is 2. The van der Waals surface area contributed by atoms with Crippen LogP contribution in [-0.2, 0) is 17.9 Å². The van der Waals surface area contributed by atoms with Crippen molar-refractivity contribution in [3.8, 4) is 0 Å². The van der Waals surface area contributed by atoms with E-state index in [0.29, 0.717) is 12.3 Å². The predicted octanol–water partition coefficient (Wildman–Crippen LogP) is 3.95. The third-order valence-electron chi connectivity index (χ3n) is 4.00. The molecule has 130 valence electrons. The number of imidazole rings is 1. The maximum absolute atomic E-state index is 13.3. The van der Waals surface area contributed by atoms with Gasteiger partial charge >= 0.3 is 0 Å². The zero-order valence-electron chi connectivity index (χ0n) is 14.3. The molecule has 0 aliphatic heterocycles. The lowest BCUT2D eigenvalue weighted by Crippen LogP contribution is -2.28. The number of amides is 1. The Bertz CT molecular complexity index is 893. The average molecular weight is 357 g/mol. The number of para-hydroxylation sites is 2. The van der Waals surface area contributed by atoms with Crippen molar-refractivity contribution in [2.45, 2.75) is 25.2 Å². The number of carbonyl (C=O) groups is 1. The van der Waals surface area contributed by atoms with E-state index in [1.807, 2.05) is 30.3 Å². The first-order chi connectivity index (χ1) is 12.1. The van der Waals surface area contributed by atoms with Gasteiger partial charge in [-0.2, -0.15) is 0 Å². The number of halogens is 1. The van der Waals surface area contributed by atoms with Gasteiger partial charge in [0.25, 0.3) is 0 Å². The Morgan fingerprint density at radius 2 is 2.04 bits per heavy atom. The van der Waals surface area contributed by atoms with Gasteiger partial charge in [-0.15, -0.1) is 0 Å². The first kappa shape index (κ1) is 17.5. The molecule has 0 bridgehead atoms. The number of carbonyl (C=O) groups excluding carboxylic acids is 1. The number of nitrogens with zero attached hydrogens (tertiary/aromatic N) is 3. The second-order valence-corrected chi connectivity index (χ2v) is 6.74. The normalized spacial score (nSPS) is 11.0. The fourth-order valence-corrected chi connectivity index (χ4v) is 3.72. The summed E-state index contributed by atoms with van der Waals surface area (Å²) in [5.41, 5.74) is 2.79. The van der Waals surface area contributed by atoms with E-state index >= 15 is 0 Å². The average Bonchev–Trinajstić information content (AvgIpc) is 2.97. The van der Waals surface area contributed by atoms with E-state index < -0.39 is 0 Å². The van der Waals surface area contributed by atoms with Crippen LogP contribution in [0.25, 0.3) is 11.0 Å². The van der Waals surface area contributed by atoms with Gasteiger partial charge in [-0.3, -0.25) is 4.79 Å². The molecule has 0 atom stereocenters. The third kappa shape index (κ3) is 4.02. The van der Waals surface area contributed by atoms with Crippen LogP contribution in [0.3, 0.4) is 0 Å². The molecular weight excluding hydrogens is 337 g/mol. The lowest BCUT2D eigenvalue weighted by atomic mass is 10.2. The van der Waals surface area contributed by atoms with Crippen LogP contribution in [0.2, 0.25) is 0 Å². The number of aryl methyl sites for hydroxylation is 1. The van der Waals surface area contributed by atoms with Crippen LogP contribution in [0.15, 0.2) is 53.7 Å². The van der Waals surface area contributed by atoms with E-state index in [1.54, 1.807) is 18.0 Å². The molecule has 0 N–H and O–H groups in total. The summed E-state index contributed by atoms with van der Waals surface area (Å²) >= 11 is 1.43. The van der Waals surface area contributed by atoms with Crippen molar-refractivity contribution in [3.63, 3.8) is 0 Å². The highest BCUT2D eigenvalue weighted by molar-refractivity contribution is 7.99. The highest BCUT2D eigenvalue weighted by atomic mass is 32.2. The van der Waals surface area contributed by atoms with E-state index in [-0.39, 0.29) is 11.7 Å². The summed E-state index contributed by atoms with van der Waals surface area (Å²) < 4.78 is 15.4. The van der Waals surface area contributed by atoms with Crippen molar-refractivity contribution in [2.75, 3.05) is 12.8 Å². The van der Waals surface area contributed by atoms with E-state index in [1.165, 1.54) is 23.9 Å². The van der Waals surface area contributed by atoms with Gasteiger partial charge in [0.2, 0.25) is 5.91 Å². The molecule has 0 radical (unpaired) electrons. The number of rotatable bonds is 6. The van der Waals surface area contributed by atoms with Crippen LogP contribution in [0.4, 0.5) is 4.39 Å². The first-order valence-electron chi connectivity index (χ1n) is 8.15. The lowest BCUT2D eigenvalue weighted by Gasteiger charge is -2.17. The van der Waals surface area contributed by atoms with Gasteiger partial charge in [-0.1, -0.05) is 36.0 Å². The zero-order chi connectivity index (χ0) is 17.8. The molecule has 3 rings (SSSR count). The molecule has 0 aliphatic rings. The van der Waals surface area contributed by atoms with Crippen LogP contribution in [0, 0.1) is 5.82 Å². The summed E-state index contributed by atoms with van der Waals surface area (Å²) in [7, 11) is 1.73. The highest BCUT2D eigenvalue weighted by Gasteiger charge is 2.14. The minimum Gasteiger partial charge on any atom is -0.341 e. The molecule has 2 aromatic carbocycles. The van der Waals surface area contributed by atoms with Crippen LogP contribution >= 0.6 is 11.8 Å². The number of thioether (sulfide) groups is 1. The molecule has 1 heterocycles. The van der Waals surface area contributed by atoms with E-state index in [0.717, 1.165) is 28.3 Å². The summed E-state index contributed by atoms with van der Waals surface area (Å²) in [6.07, 6.45) is 0. The van der Waals surface area contributed by atoms with Crippen molar-refractivity contribution in [1.29, 1.82) is 0 Å². The topological polar surface area (TPSA) is 38.1 Å². The number of hydrogen-bond donors (Lipinski definition) is 0. The Labute approximate surface area is 150 Å². The largest absolute Gasteiger partial charge is 0.341 e. The first-order valence-corrected chi connectivity index (χ1v) is 9.13. The van der Waals surface area contributed by atoms with Crippen LogP contribution in [0.1, 0.15) is 12.5 Å². The number of benzene rings is 2. The monoisotopic (exact) mass is 357 g/mol. The Hall–Kier alpha value is -2.34. The summed E-state index contributed by atoms with van der Waals surface area (Å²) in [5, 5.41) is 0.844. The molecule has 6 heteroatoms.